The summed E-state index contributed by atoms with van der Waals surface area (Å²) in [6.07, 6.45) is -7.62. The van der Waals surface area contributed by atoms with Gasteiger partial charge in [-0.2, -0.15) is 77.5 Å². The van der Waals surface area contributed by atoms with Crippen LogP contribution in [0.2, 0.25) is 0 Å². The minimum atomic E-state index is -8.25. The van der Waals surface area contributed by atoms with Crippen LogP contribution in [0.5, 0.6) is 0 Å². The lowest BCUT2D eigenvalue weighted by Gasteiger charge is -2.39. The highest BCUT2D eigenvalue weighted by atomic mass is 32.2. The Bertz CT molecular complexity index is 1760. The maximum Gasteiger partial charge on any atom is 0.460 e. The predicted molar refractivity (Wildman–Crippen MR) is 149 cm³/mol. The lowest BCUT2D eigenvalue weighted by molar-refractivity contribution is -0.433. The first-order chi connectivity index (χ1) is 22.4. The molecule has 0 radical (unpaired) electrons. The molecule has 0 atom stereocenters. The molecule has 268 valence electrons. The lowest BCUT2D eigenvalue weighted by Crippen LogP contribution is -2.71. The van der Waals surface area contributed by atoms with Gasteiger partial charge in [-0.1, -0.05) is 0 Å². The summed E-state index contributed by atoms with van der Waals surface area (Å²) >= 11 is 0. The molecular formula is C28H22F13N5O2S. The number of alkyl halides is 13. The van der Waals surface area contributed by atoms with E-state index in [1.54, 1.807) is 12.1 Å². The fraction of sp³-hybridized carbons (Fsp3) is 0.357. The molecule has 0 saturated carbocycles. The number of benzene rings is 3. The minimum Gasteiger partial charge on any atom is -0.372 e. The van der Waals surface area contributed by atoms with Crippen molar-refractivity contribution in [3.63, 3.8) is 0 Å². The van der Waals surface area contributed by atoms with Crippen LogP contribution in [0.4, 0.5) is 85.5 Å². The molecule has 0 fully saturated rings. The monoisotopic (exact) mass is 739 g/mol. The molecule has 7 nitrogen and oxygen atoms in total. The molecule has 0 heterocycles. The Balaban J connectivity index is 1.77. The van der Waals surface area contributed by atoms with Gasteiger partial charge in [0.1, 0.15) is 0 Å². The van der Waals surface area contributed by atoms with Crippen LogP contribution in [0.15, 0.2) is 98.1 Å². The van der Waals surface area contributed by atoms with Gasteiger partial charge in [-0.05, 0) is 86.6 Å². The summed E-state index contributed by atoms with van der Waals surface area (Å²) < 4.78 is 199. The van der Waals surface area contributed by atoms with Gasteiger partial charge >= 0.3 is 35.1 Å². The Labute approximate surface area is 269 Å². The maximum absolute atomic E-state index is 14.4. The summed E-state index contributed by atoms with van der Waals surface area (Å²) in [7, 11) is -7.16. The van der Waals surface area contributed by atoms with Gasteiger partial charge in [0.05, 0.1) is 27.6 Å². The van der Waals surface area contributed by atoms with Crippen LogP contribution in [0, 0.1) is 0 Å². The molecule has 3 rings (SSSR count). The first-order valence-corrected chi connectivity index (χ1v) is 15.0. The second-order valence-electron chi connectivity index (χ2n) is 9.91. The molecule has 3 aromatic rings. The van der Waals surface area contributed by atoms with Gasteiger partial charge in [0.2, 0.25) is 9.84 Å². The fourth-order valence-electron chi connectivity index (χ4n) is 3.90. The highest BCUT2D eigenvalue weighted by Gasteiger charge is 2.92. The standard InChI is InChI=1S/C28H22F13N5O2S/c1-3-46(4-2)21-13-9-19(10-14-21)44-42-17-5-7-18(8-6-17)43-45-20-11-15-22(16-12-20)49(47,48)28(40,41)26(35,36)24(31,32)23(29,30)25(33,34)27(37,38)39/h5-16H,3-4H2,1-2H3. The average molecular weight is 740 g/mol. The number of halogens is 13. The Kier molecular flexibility index (Phi) is 10.8. The van der Waals surface area contributed by atoms with Crippen molar-refractivity contribution < 1.29 is 65.5 Å². The highest BCUT2D eigenvalue weighted by Crippen LogP contribution is 2.61. The van der Waals surface area contributed by atoms with Gasteiger partial charge in [-0.3, -0.25) is 0 Å². The number of hydrogen-bond donors (Lipinski definition) is 0. The molecule has 0 aliphatic heterocycles. The highest BCUT2D eigenvalue weighted by molar-refractivity contribution is 7.92. The zero-order chi connectivity index (χ0) is 37.3. The Morgan fingerprint density at radius 1 is 0.490 bits per heavy atom. The largest absolute Gasteiger partial charge is 0.460 e. The van der Waals surface area contributed by atoms with E-state index in [0.29, 0.717) is 23.5 Å². The van der Waals surface area contributed by atoms with Crippen LogP contribution in [-0.2, 0) is 9.84 Å². The van der Waals surface area contributed by atoms with Crippen molar-refractivity contribution in [3.8, 4) is 0 Å². The van der Waals surface area contributed by atoms with Crippen molar-refractivity contribution in [2.75, 3.05) is 18.0 Å². The van der Waals surface area contributed by atoms with Gasteiger partial charge in [-0.15, -0.1) is 0 Å². The van der Waals surface area contributed by atoms with Gasteiger partial charge in [-0.25, -0.2) is 8.42 Å². The quantitative estimate of drug-likeness (QED) is 0.129. The third-order valence-corrected chi connectivity index (χ3v) is 8.60. The molecular weight excluding hydrogens is 717 g/mol. The van der Waals surface area contributed by atoms with Crippen LogP contribution in [0.1, 0.15) is 13.8 Å². The molecule has 0 unspecified atom stereocenters. The van der Waals surface area contributed by atoms with E-state index < -0.39 is 49.9 Å². The van der Waals surface area contributed by atoms with E-state index in [-0.39, 0.29) is 23.5 Å². The van der Waals surface area contributed by atoms with E-state index in [1.807, 2.05) is 26.0 Å². The van der Waals surface area contributed by atoms with Crippen molar-refractivity contribution in [2.45, 2.75) is 53.9 Å². The Morgan fingerprint density at radius 3 is 1.12 bits per heavy atom. The van der Waals surface area contributed by atoms with Crippen LogP contribution >= 0.6 is 0 Å². The molecule has 0 aliphatic rings. The molecule has 0 amide bonds. The number of azo groups is 2. The molecule has 0 N–H and O–H groups in total. The topological polar surface area (TPSA) is 86.8 Å². The van der Waals surface area contributed by atoms with Crippen molar-refractivity contribution in [2.24, 2.45) is 20.5 Å². The summed E-state index contributed by atoms with van der Waals surface area (Å²) in [6, 6.07) is 14.2. The first kappa shape index (κ1) is 39.1. The van der Waals surface area contributed by atoms with Gasteiger partial charge in [0.15, 0.2) is 0 Å². The third-order valence-electron chi connectivity index (χ3n) is 6.78. The normalized spacial score (nSPS) is 14.2. The van der Waals surface area contributed by atoms with E-state index in [4.69, 9.17) is 0 Å². The number of sulfone groups is 1. The number of anilines is 1. The van der Waals surface area contributed by atoms with Crippen molar-refractivity contribution in [1.82, 2.24) is 0 Å². The molecule has 0 bridgehead atoms. The zero-order valence-electron chi connectivity index (χ0n) is 24.7. The van der Waals surface area contributed by atoms with E-state index >= 15 is 0 Å². The maximum atomic E-state index is 14.4. The van der Waals surface area contributed by atoms with Crippen LogP contribution < -0.4 is 4.90 Å². The van der Waals surface area contributed by atoms with E-state index in [1.165, 1.54) is 24.3 Å². The second kappa shape index (κ2) is 13.5. The summed E-state index contributed by atoms with van der Waals surface area (Å²) in [4.78, 5) is 0.193. The average Bonchev–Trinajstić information content (AvgIpc) is 3.03. The zero-order valence-corrected chi connectivity index (χ0v) is 25.5. The van der Waals surface area contributed by atoms with Crippen molar-refractivity contribution in [3.05, 3.63) is 72.8 Å². The minimum absolute atomic E-state index is 0.0757. The van der Waals surface area contributed by atoms with Crippen LogP contribution in [0.25, 0.3) is 0 Å². The summed E-state index contributed by atoms with van der Waals surface area (Å²) in [6.45, 7) is 5.66. The summed E-state index contributed by atoms with van der Waals surface area (Å²) in [5, 5.41) is 8.19. The van der Waals surface area contributed by atoms with Gasteiger partial charge in [0.25, 0.3) is 0 Å². The predicted octanol–water partition coefficient (Wildman–Crippen LogP) is 10.8. The molecule has 0 saturated heterocycles. The third kappa shape index (κ3) is 7.07. The first-order valence-electron chi connectivity index (χ1n) is 13.5. The number of nitrogens with zero attached hydrogens (tertiary/aromatic N) is 5. The molecule has 21 heteroatoms. The fourth-order valence-corrected chi connectivity index (χ4v) is 5.16. The van der Waals surface area contributed by atoms with E-state index in [0.717, 1.165) is 18.8 Å². The molecule has 0 aromatic heterocycles. The smallest absolute Gasteiger partial charge is 0.372 e. The van der Waals surface area contributed by atoms with E-state index in [2.05, 4.69) is 25.4 Å². The molecule has 0 aliphatic carbocycles. The van der Waals surface area contributed by atoms with Crippen molar-refractivity contribution >= 4 is 38.3 Å². The van der Waals surface area contributed by atoms with Crippen molar-refractivity contribution in [1.29, 1.82) is 0 Å². The lowest BCUT2D eigenvalue weighted by atomic mass is 9.98. The van der Waals surface area contributed by atoms with Crippen LogP contribution in [0.3, 0.4) is 0 Å². The Morgan fingerprint density at radius 2 is 0.796 bits per heavy atom. The van der Waals surface area contributed by atoms with E-state index in [9.17, 15) is 65.5 Å². The number of hydrogen-bond acceptors (Lipinski definition) is 7. The SMILES string of the molecule is CCN(CC)c1ccc(N=Nc2ccc(N=Nc3ccc(S(=O)(=O)C(F)(F)C(F)(F)C(F)(F)C(F)(F)C(F)(F)C(F)(F)F)cc3)cc2)cc1. The summed E-state index contributed by atoms with van der Waals surface area (Å²) in [5.41, 5.74) is 1.72. The Hall–Kier alpha value is -4.30. The van der Waals surface area contributed by atoms with Gasteiger partial charge < -0.3 is 4.90 Å². The second-order valence-corrected chi connectivity index (χ2v) is 11.9. The summed E-state index contributed by atoms with van der Waals surface area (Å²) in [5.74, 6) is -32.5. The van der Waals surface area contributed by atoms with Crippen LogP contribution in [-0.4, -0.2) is 56.6 Å². The molecule has 3 aromatic carbocycles. The van der Waals surface area contributed by atoms with Gasteiger partial charge in [0, 0.05) is 18.8 Å². The molecule has 49 heavy (non-hydrogen) atoms. The number of rotatable bonds is 13. The molecule has 0 spiro atoms.